The van der Waals surface area contributed by atoms with Crippen molar-refractivity contribution in [3.63, 3.8) is 0 Å². The van der Waals surface area contributed by atoms with E-state index in [1.165, 1.54) is 6.92 Å². The third-order valence-electron chi connectivity index (χ3n) is 8.03. The third kappa shape index (κ3) is 6.93. The summed E-state index contributed by atoms with van der Waals surface area (Å²) >= 11 is 0. The maximum Gasteiger partial charge on any atom is 0.243 e. The predicted octanol–water partition coefficient (Wildman–Crippen LogP) is 5.01. The Balaban J connectivity index is 1.82. The van der Waals surface area contributed by atoms with Crippen LogP contribution in [-0.2, 0) is 22.6 Å². The molecule has 3 N–H and O–H groups in total. The molecular formula is C34H41N3O6. The second kappa shape index (κ2) is 14.1. The maximum absolute atomic E-state index is 13.8. The Morgan fingerprint density at radius 3 is 2.33 bits per heavy atom. The first-order chi connectivity index (χ1) is 20.7. The lowest BCUT2D eigenvalue weighted by Gasteiger charge is -2.24. The summed E-state index contributed by atoms with van der Waals surface area (Å²) < 4.78 is 17.1. The largest absolute Gasteiger partial charge is 0.493 e. The Bertz CT molecular complexity index is 1520. The maximum atomic E-state index is 13.8. The van der Waals surface area contributed by atoms with E-state index in [4.69, 9.17) is 14.2 Å². The molecule has 3 unspecified atom stereocenters. The average molecular weight is 588 g/mol. The minimum Gasteiger partial charge on any atom is -0.493 e. The van der Waals surface area contributed by atoms with E-state index in [2.05, 4.69) is 16.0 Å². The second-order valence-corrected chi connectivity index (χ2v) is 10.8. The molecule has 3 aromatic carbocycles. The number of ether oxygens (including phenoxy) is 3. The van der Waals surface area contributed by atoms with Crippen LogP contribution in [0.2, 0.25) is 0 Å². The molecule has 1 aliphatic rings. The van der Waals surface area contributed by atoms with Gasteiger partial charge in [-0.3, -0.25) is 14.4 Å². The molecule has 0 saturated heterocycles. The number of rotatable bonds is 11. The fourth-order valence-electron chi connectivity index (χ4n) is 5.59. The number of carbonyl (C=O) groups excluding carboxylic acids is 2. The van der Waals surface area contributed by atoms with Gasteiger partial charge in [-0.1, -0.05) is 56.7 Å². The van der Waals surface area contributed by atoms with Crippen molar-refractivity contribution in [1.29, 1.82) is 0 Å². The molecule has 43 heavy (non-hydrogen) atoms. The van der Waals surface area contributed by atoms with Crippen LogP contribution in [0.15, 0.2) is 59.4 Å². The van der Waals surface area contributed by atoms with Gasteiger partial charge in [-0.15, -0.1) is 0 Å². The van der Waals surface area contributed by atoms with Crippen molar-refractivity contribution in [1.82, 2.24) is 10.6 Å². The lowest BCUT2D eigenvalue weighted by Crippen LogP contribution is -2.44. The van der Waals surface area contributed by atoms with Crippen molar-refractivity contribution >= 4 is 17.5 Å². The van der Waals surface area contributed by atoms with Gasteiger partial charge in [-0.25, -0.2) is 0 Å². The van der Waals surface area contributed by atoms with E-state index in [-0.39, 0.29) is 28.8 Å². The summed E-state index contributed by atoms with van der Waals surface area (Å²) in [6.07, 6.45) is 1.89. The smallest absolute Gasteiger partial charge is 0.243 e. The van der Waals surface area contributed by atoms with Crippen LogP contribution < -0.4 is 35.6 Å². The van der Waals surface area contributed by atoms with Crippen LogP contribution in [0.1, 0.15) is 56.3 Å². The third-order valence-corrected chi connectivity index (χ3v) is 8.03. The van der Waals surface area contributed by atoms with Gasteiger partial charge >= 0.3 is 0 Å². The average Bonchev–Trinajstić information content (AvgIpc) is 3.25. The Morgan fingerprint density at radius 2 is 1.70 bits per heavy atom. The summed E-state index contributed by atoms with van der Waals surface area (Å²) in [5.74, 6) is 1.00. The molecular weight excluding hydrogens is 546 g/mol. The lowest BCUT2D eigenvalue weighted by molar-refractivity contribution is -0.123. The van der Waals surface area contributed by atoms with E-state index in [9.17, 15) is 14.4 Å². The molecule has 0 heterocycles. The number of hydrogen-bond acceptors (Lipinski definition) is 7. The van der Waals surface area contributed by atoms with Crippen molar-refractivity contribution in [3.05, 3.63) is 81.5 Å². The van der Waals surface area contributed by atoms with Gasteiger partial charge in [0.05, 0.1) is 33.1 Å². The standard InChI is InChI=1S/C34H41N3O6/c1-7-20(2)31(34(40)35-19-22-11-9-8-10-12-22)37-27-16-14-24-25(18-28(27)39)26(36-21(3)38)15-13-23-17-29(41-4)32(42-5)33(43-6)30(23)24/h8-12,14,16-18,20,26,31H,7,13,15,19H2,1-6H3,(H,35,40)(H,36,38)(H,37,39). The summed E-state index contributed by atoms with van der Waals surface area (Å²) in [5, 5.41) is 9.29. The quantitative estimate of drug-likeness (QED) is 0.289. The van der Waals surface area contributed by atoms with Gasteiger partial charge in [0.25, 0.3) is 0 Å². The van der Waals surface area contributed by atoms with Crippen molar-refractivity contribution < 1.29 is 23.8 Å². The molecule has 2 amide bonds. The number of anilines is 1. The minimum absolute atomic E-state index is 0.0526. The summed E-state index contributed by atoms with van der Waals surface area (Å²) in [6, 6.07) is 15.7. The van der Waals surface area contributed by atoms with Crippen LogP contribution in [0.5, 0.6) is 17.2 Å². The number of methoxy groups -OCH3 is 3. The number of fused-ring (bicyclic) bond motifs is 3. The van der Waals surface area contributed by atoms with E-state index in [1.807, 2.05) is 56.3 Å². The fraction of sp³-hybridized carbons (Fsp3) is 0.382. The molecule has 0 fully saturated rings. The zero-order valence-electron chi connectivity index (χ0n) is 25.7. The summed E-state index contributed by atoms with van der Waals surface area (Å²) in [6.45, 7) is 5.84. The molecule has 3 atom stereocenters. The highest BCUT2D eigenvalue weighted by Crippen LogP contribution is 2.50. The van der Waals surface area contributed by atoms with E-state index in [0.717, 1.165) is 28.7 Å². The van der Waals surface area contributed by atoms with E-state index in [1.54, 1.807) is 33.5 Å². The second-order valence-electron chi connectivity index (χ2n) is 10.8. The van der Waals surface area contributed by atoms with Gasteiger partial charge in [0.15, 0.2) is 11.5 Å². The SMILES string of the molecule is CCC(C)C(Nc1ccc2c(cc1=O)C(NC(C)=O)CCc1cc(OC)c(OC)c(OC)c1-2)C(=O)NCc1ccccc1. The molecule has 3 aromatic rings. The van der Waals surface area contributed by atoms with E-state index < -0.39 is 12.1 Å². The van der Waals surface area contributed by atoms with Crippen molar-refractivity contribution in [3.8, 4) is 28.4 Å². The molecule has 9 nitrogen and oxygen atoms in total. The van der Waals surface area contributed by atoms with Crippen molar-refractivity contribution in [2.45, 2.75) is 58.7 Å². The Morgan fingerprint density at radius 1 is 0.977 bits per heavy atom. The van der Waals surface area contributed by atoms with Crippen LogP contribution in [0.3, 0.4) is 0 Å². The number of benzene rings is 2. The number of nitrogens with one attached hydrogen (secondary N) is 3. The molecule has 0 radical (unpaired) electrons. The molecule has 228 valence electrons. The first-order valence-corrected chi connectivity index (χ1v) is 14.6. The minimum atomic E-state index is -0.638. The molecule has 9 heteroatoms. The van der Waals surface area contributed by atoms with Crippen LogP contribution in [0.25, 0.3) is 11.1 Å². The Labute approximate surface area is 252 Å². The molecule has 0 aromatic heterocycles. The zero-order chi connectivity index (χ0) is 31.1. The highest BCUT2D eigenvalue weighted by Gasteiger charge is 2.30. The summed E-state index contributed by atoms with van der Waals surface area (Å²) in [7, 11) is 4.68. The number of hydrogen-bond donors (Lipinski definition) is 3. The first kappa shape index (κ1) is 31.4. The number of amides is 2. The molecule has 0 spiro atoms. The van der Waals surface area contributed by atoms with Crippen LogP contribution in [0, 0.1) is 5.92 Å². The summed E-state index contributed by atoms with van der Waals surface area (Å²) in [5.41, 5.74) is 4.08. The summed E-state index contributed by atoms with van der Waals surface area (Å²) in [4.78, 5) is 39.4. The zero-order valence-corrected chi connectivity index (χ0v) is 25.7. The number of carbonyl (C=O) groups is 2. The van der Waals surface area contributed by atoms with E-state index in [0.29, 0.717) is 42.2 Å². The molecule has 0 aliphatic heterocycles. The Hall–Kier alpha value is -4.53. The topological polar surface area (TPSA) is 115 Å². The van der Waals surface area contributed by atoms with Gasteiger partial charge < -0.3 is 30.2 Å². The predicted molar refractivity (Wildman–Crippen MR) is 168 cm³/mol. The highest BCUT2D eigenvalue weighted by atomic mass is 16.5. The molecule has 0 saturated carbocycles. The van der Waals surface area contributed by atoms with Crippen LogP contribution >= 0.6 is 0 Å². The number of aryl methyl sites for hydroxylation is 1. The highest BCUT2D eigenvalue weighted by molar-refractivity contribution is 5.86. The fourth-order valence-corrected chi connectivity index (χ4v) is 5.59. The molecule has 1 aliphatic carbocycles. The van der Waals surface area contributed by atoms with Gasteiger partial charge in [-0.2, -0.15) is 0 Å². The normalized spacial score (nSPS) is 15.1. The molecule has 4 rings (SSSR count). The van der Waals surface area contributed by atoms with Crippen LogP contribution in [-0.4, -0.2) is 39.2 Å². The van der Waals surface area contributed by atoms with Gasteiger partial charge in [0.2, 0.25) is 23.0 Å². The van der Waals surface area contributed by atoms with Gasteiger partial charge in [-0.05, 0) is 59.2 Å². The van der Waals surface area contributed by atoms with Crippen molar-refractivity contribution in [2.75, 3.05) is 26.6 Å². The molecule has 0 bridgehead atoms. The van der Waals surface area contributed by atoms with Crippen LogP contribution in [0.4, 0.5) is 5.69 Å². The lowest BCUT2D eigenvalue weighted by atomic mass is 9.95. The van der Waals surface area contributed by atoms with Gasteiger partial charge in [0, 0.05) is 19.0 Å². The monoisotopic (exact) mass is 587 g/mol. The van der Waals surface area contributed by atoms with E-state index >= 15 is 0 Å². The Kier molecular flexibility index (Phi) is 10.3. The van der Waals surface area contributed by atoms with Crippen molar-refractivity contribution in [2.24, 2.45) is 5.92 Å². The first-order valence-electron chi connectivity index (χ1n) is 14.6. The van der Waals surface area contributed by atoms with Gasteiger partial charge in [0.1, 0.15) is 6.04 Å².